The van der Waals surface area contributed by atoms with Gasteiger partial charge in [0.25, 0.3) is 0 Å². The molecule has 0 bridgehead atoms. The van der Waals surface area contributed by atoms with Crippen LogP contribution >= 0.6 is 23.2 Å². The molecule has 0 saturated heterocycles. The van der Waals surface area contributed by atoms with Gasteiger partial charge < -0.3 is 25.0 Å². The van der Waals surface area contributed by atoms with E-state index in [2.05, 4.69) is 15.3 Å². The zero-order valence-electron chi connectivity index (χ0n) is 20.3. The van der Waals surface area contributed by atoms with E-state index in [0.29, 0.717) is 40.1 Å². The van der Waals surface area contributed by atoms with Gasteiger partial charge in [-0.3, -0.25) is 4.79 Å². The van der Waals surface area contributed by atoms with Crippen molar-refractivity contribution in [1.29, 1.82) is 0 Å². The first-order valence-corrected chi connectivity index (χ1v) is 12.1. The predicted octanol–water partition coefficient (Wildman–Crippen LogP) is 4.29. The van der Waals surface area contributed by atoms with E-state index < -0.39 is 24.1 Å². The Labute approximate surface area is 220 Å². The summed E-state index contributed by atoms with van der Waals surface area (Å²) in [5, 5.41) is 22.9. The number of carbonyl (C=O) groups excluding carboxylic acids is 1. The number of ether oxygens (including phenoxy) is 2. The predicted molar refractivity (Wildman–Crippen MR) is 140 cm³/mol. The molecule has 0 amide bonds. The number of aromatic nitrogens is 2. The number of carbonyl (C=O) groups is 1. The molecule has 10 heteroatoms. The summed E-state index contributed by atoms with van der Waals surface area (Å²) in [6.07, 6.45) is -0.458. The van der Waals surface area contributed by atoms with E-state index in [1.54, 1.807) is 32.0 Å². The van der Waals surface area contributed by atoms with Crippen LogP contribution in [0.1, 0.15) is 25.0 Å². The maximum absolute atomic E-state index is 12.7. The van der Waals surface area contributed by atoms with Crippen LogP contribution in [-0.4, -0.2) is 59.1 Å². The number of hydrogen-bond donors (Lipinski definition) is 3. The van der Waals surface area contributed by atoms with Crippen molar-refractivity contribution in [2.75, 3.05) is 32.2 Å². The van der Waals surface area contributed by atoms with Crippen molar-refractivity contribution >= 4 is 35.0 Å². The summed E-state index contributed by atoms with van der Waals surface area (Å²) < 4.78 is 10.5. The summed E-state index contributed by atoms with van der Waals surface area (Å²) in [6, 6.07) is 14.8. The molecule has 2 aromatic carbocycles. The Bertz CT molecular complexity index is 1210. The highest BCUT2D eigenvalue weighted by molar-refractivity contribution is 6.35. The molecule has 0 saturated carbocycles. The van der Waals surface area contributed by atoms with Crippen LogP contribution in [0.2, 0.25) is 10.0 Å². The minimum Gasteiger partial charge on any atom is -0.467 e. The SMILES string of the molecule is COc1nc(NCCc2ccc(Cl)cc2Cl)cc(-c2cccc(C(C)(C)C(=O)OCC(O)CO)c2)n1. The van der Waals surface area contributed by atoms with E-state index in [1.165, 1.54) is 7.11 Å². The largest absolute Gasteiger partial charge is 0.467 e. The van der Waals surface area contributed by atoms with Crippen molar-refractivity contribution < 1.29 is 24.5 Å². The second-order valence-corrected chi connectivity index (χ2v) is 9.52. The normalized spacial score (nSPS) is 12.2. The highest BCUT2D eigenvalue weighted by Gasteiger charge is 2.32. The van der Waals surface area contributed by atoms with Gasteiger partial charge in [-0.25, -0.2) is 0 Å². The molecule has 192 valence electrons. The summed E-state index contributed by atoms with van der Waals surface area (Å²) in [5.74, 6) is 0.0552. The number of rotatable bonds is 11. The maximum atomic E-state index is 12.7. The topological polar surface area (TPSA) is 114 Å². The third-order valence-electron chi connectivity index (χ3n) is 5.61. The molecule has 3 aromatic rings. The molecule has 3 N–H and O–H groups in total. The number of aliphatic hydroxyl groups is 2. The second kappa shape index (κ2) is 12.4. The minimum atomic E-state index is -1.12. The summed E-state index contributed by atoms with van der Waals surface area (Å²) >= 11 is 12.2. The van der Waals surface area contributed by atoms with E-state index in [9.17, 15) is 9.90 Å². The van der Waals surface area contributed by atoms with Gasteiger partial charge in [-0.05, 0) is 49.6 Å². The molecule has 0 aliphatic heterocycles. The van der Waals surface area contributed by atoms with Gasteiger partial charge in [-0.2, -0.15) is 9.97 Å². The molecule has 36 heavy (non-hydrogen) atoms. The van der Waals surface area contributed by atoms with Crippen molar-refractivity contribution in [3.63, 3.8) is 0 Å². The van der Waals surface area contributed by atoms with Gasteiger partial charge in [-0.1, -0.05) is 47.5 Å². The van der Waals surface area contributed by atoms with Crippen LogP contribution in [0.5, 0.6) is 6.01 Å². The molecule has 1 unspecified atom stereocenters. The van der Waals surface area contributed by atoms with E-state index in [-0.39, 0.29) is 12.6 Å². The molecule has 1 aromatic heterocycles. The molecular formula is C26H29Cl2N3O5. The zero-order chi connectivity index (χ0) is 26.3. The summed E-state index contributed by atoms with van der Waals surface area (Å²) in [4.78, 5) is 21.5. The zero-order valence-corrected chi connectivity index (χ0v) is 21.8. The highest BCUT2D eigenvalue weighted by Crippen LogP contribution is 2.30. The van der Waals surface area contributed by atoms with Gasteiger partial charge in [0.1, 0.15) is 18.5 Å². The number of nitrogens with zero attached hydrogens (tertiary/aromatic N) is 2. The highest BCUT2D eigenvalue weighted by atomic mass is 35.5. The smallest absolute Gasteiger partial charge is 0.318 e. The van der Waals surface area contributed by atoms with Crippen LogP contribution in [0.3, 0.4) is 0 Å². The van der Waals surface area contributed by atoms with Crippen LogP contribution in [0, 0.1) is 0 Å². The first-order chi connectivity index (χ1) is 17.1. The maximum Gasteiger partial charge on any atom is 0.318 e. The molecule has 1 heterocycles. The van der Waals surface area contributed by atoms with Crippen molar-refractivity contribution in [2.24, 2.45) is 0 Å². The van der Waals surface area contributed by atoms with E-state index in [1.807, 2.05) is 30.3 Å². The number of hydrogen-bond acceptors (Lipinski definition) is 8. The number of methoxy groups -OCH3 is 1. The van der Waals surface area contributed by atoms with Gasteiger partial charge in [-0.15, -0.1) is 0 Å². The third-order valence-corrected chi connectivity index (χ3v) is 6.20. The lowest BCUT2D eigenvalue weighted by Crippen LogP contribution is -2.34. The van der Waals surface area contributed by atoms with E-state index in [4.69, 9.17) is 37.8 Å². The lowest BCUT2D eigenvalue weighted by molar-refractivity contribution is -0.153. The number of benzene rings is 2. The summed E-state index contributed by atoms with van der Waals surface area (Å²) in [7, 11) is 1.49. The Morgan fingerprint density at radius 3 is 2.61 bits per heavy atom. The van der Waals surface area contributed by atoms with Crippen LogP contribution in [0.4, 0.5) is 5.82 Å². The average molecular weight is 534 g/mol. The lowest BCUT2D eigenvalue weighted by Gasteiger charge is -2.24. The Morgan fingerprint density at radius 1 is 1.14 bits per heavy atom. The first-order valence-electron chi connectivity index (χ1n) is 11.3. The van der Waals surface area contributed by atoms with Crippen molar-refractivity contribution in [2.45, 2.75) is 31.8 Å². The number of esters is 1. The van der Waals surface area contributed by atoms with Gasteiger partial charge in [0, 0.05) is 28.2 Å². The molecule has 1 atom stereocenters. The van der Waals surface area contributed by atoms with E-state index in [0.717, 1.165) is 11.1 Å². The summed E-state index contributed by atoms with van der Waals surface area (Å²) in [5.41, 5.74) is 2.03. The molecule has 0 spiro atoms. The third kappa shape index (κ3) is 7.07. The van der Waals surface area contributed by atoms with Gasteiger partial charge in [0.2, 0.25) is 0 Å². The first kappa shape index (κ1) is 27.7. The quantitative estimate of drug-likeness (QED) is 0.313. The molecule has 0 aliphatic rings. The second-order valence-electron chi connectivity index (χ2n) is 8.68. The Morgan fingerprint density at radius 2 is 1.92 bits per heavy atom. The van der Waals surface area contributed by atoms with Gasteiger partial charge in [0.05, 0.1) is 24.8 Å². The standard InChI is InChI=1S/C26H29Cl2N3O5/c1-26(2,24(34)36-15-20(33)14-32)18-6-4-5-17(11-18)22-13-23(31-25(30-22)35-3)29-10-9-16-7-8-19(27)12-21(16)28/h4-8,11-13,20,32-33H,9-10,14-15H2,1-3H3,(H,29,30,31). The monoisotopic (exact) mass is 533 g/mol. The van der Waals surface area contributed by atoms with Gasteiger partial charge >= 0.3 is 12.0 Å². The van der Waals surface area contributed by atoms with Crippen molar-refractivity contribution in [3.8, 4) is 17.3 Å². The molecule has 0 radical (unpaired) electrons. The molecule has 3 rings (SSSR count). The van der Waals surface area contributed by atoms with Crippen LogP contribution in [-0.2, 0) is 21.4 Å². The van der Waals surface area contributed by atoms with Crippen molar-refractivity contribution in [1.82, 2.24) is 9.97 Å². The average Bonchev–Trinajstić information content (AvgIpc) is 2.88. The molecular weight excluding hydrogens is 505 g/mol. The van der Waals surface area contributed by atoms with Crippen LogP contribution < -0.4 is 10.1 Å². The molecule has 0 aliphatic carbocycles. The molecule has 8 nitrogen and oxygen atoms in total. The van der Waals surface area contributed by atoms with Crippen LogP contribution in [0.25, 0.3) is 11.3 Å². The van der Waals surface area contributed by atoms with E-state index >= 15 is 0 Å². The fourth-order valence-electron chi connectivity index (χ4n) is 3.39. The van der Waals surface area contributed by atoms with Gasteiger partial charge in [0.15, 0.2) is 0 Å². The number of anilines is 1. The Kier molecular flexibility index (Phi) is 9.50. The number of halogens is 2. The summed E-state index contributed by atoms with van der Waals surface area (Å²) in [6.45, 7) is 3.27. The number of nitrogens with one attached hydrogen (secondary N) is 1. The Balaban J connectivity index is 1.79. The van der Waals surface area contributed by atoms with Crippen molar-refractivity contribution in [3.05, 3.63) is 69.7 Å². The minimum absolute atomic E-state index is 0.196. The number of aliphatic hydroxyl groups excluding tert-OH is 2. The lowest BCUT2D eigenvalue weighted by atomic mass is 9.83. The Hall–Kier alpha value is -2.91. The van der Waals surface area contributed by atoms with Crippen LogP contribution in [0.15, 0.2) is 48.5 Å². The molecule has 0 fully saturated rings. The fourth-order valence-corrected chi connectivity index (χ4v) is 3.90. The fraction of sp³-hybridized carbons (Fsp3) is 0.346.